The summed E-state index contributed by atoms with van der Waals surface area (Å²) in [5, 5.41) is 2.16. The van der Waals surface area contributed by atoms with E-state index in [-0.39, 0.29) is 5.91 Å². The summed E-state index contributed by atoms with van der Waals surface area (Å²) in [4.78, 5) is 49.2. The Balaban J connectivity index is 1.47. The number of likely N-dealkylation sites (tertiary alicyclic amines) is 1. The van der Waals surface area contributed by atoms with Crippen molar-refractivity contribution in [3.63, 3.8) is 0 Å². The van der Waals surface area contributed by atoms with E-state index in [0.29, 0.717) is 24.1 Å². The summed E-state index contributed by atoms with van der Waals surface area (Å²) in [7, 11) is 0. The molecule has 0 unspecified atom stereocenters. The fourth-order valence-electron chi connectivity index (χ4n) is 2.88. The highest BCUT2D eigenvalue weighted by atomic mass is 16.5. The van der Waals surface area contributed by atoms with E-state index in [4.69, 9.17) is 4.74 Å². The van der Waals surface area contributed by atoms with Gasteiger partial charge in [-0.15, -0.1) is 0 Å². The molecular weight excluding hydrogens is 360 g/mol. The quantitative estimate of drug-likeness (QED) is 0.773. The number of ether oxygens (including phenoxy) is 1. The van der Waals surface area contributed by atoms with Crippen LogP contribution < -0.4 is 5.32 Å². The fraction of sp³-hybridized carbons (Fsp3) is 0.238. The lowest BCUT2D eigenvalue weighted by atomic mass is 10.1. The number of carbonyl (C=O) groups excluding carboxylic acids is 4. The summed E-state index contributed by atoms with van der Waals surface area (Å²) in [6.45, 7) is 0.707. The van der Waals surface area contributed by atoms with Crippen molar-refractivity contribution in [2.24, 2.45) is 0 Å². The van der Waals surface area contributed by atoms with Crippen LogP contribution in [0.25, 0.3) is 0 Å². The number of amides is 3. The molecule has 1 N–H and O–H groups in total. The van der Waals surface area contributed by atoms with Gasteiger partial charge >= 0.3 is 5.97 Å². The van der Waals surface area contributed by atoms with Gasteiger partial charge in [-0.1, -0.05) is 30.3 Å². The van der Waals surface area contributed by atoms with Crippen LogP contribution in [0.1, 0.15) is 39.1 Å². The molecular formula is C21H20N2O5. The number of hydrogen-bond donors (Lipinski definition) is 1. The van der Waals surface area contributed by atoms with Crippen molar-refractivity contribution < 1.29 is 23.9 Å². The van der Waals surface area contributed by atoms with Crippen molar-refractivity contribution in [1.82, 2.24) is 10.2 Å². The average Bonchev–Trinajstić information content (AvgIpc) is 3.12. The number of nitrogens with zero attached hydrogens (tertiary/aromatic N) is 1. The van der Waals surface area contributed by atoms with Gasteiger partial charge < -0.3 is 9.64 Å². The van der Waals surface area contributed by atoms with Crippen molar-refractivity contribution in [3.05, 3.63) is 71.3 Å². The largest absolute Gasteiger partial charge is 0.452 e. The Bertz CT molecular complexity index is 877. The van der Waals surface area contributed by atoms with Gasteiger partial charge in [-0.25, -0.2) is 4.79 Å². The van der Waals surface area contributed by atoms with Crippen LogP contribution in [0.4, 0.5) is 0 Å². The number of benzene rings is 2. The molecule has 0 radical (unpaired) electrons. The van der Waals surface area contributed by atoms with Gasteiger partial charge in [0, 0.05) is 25.1 Å². The minimum atomic E-state index is -0.702. The second-order valence-corrected chi connectivity index (χ2v) is 6.44. The van der Waals surface area contributed by atoms with E-state index in [9.17, 15) is 19.2 Å². The monoisotopic (exact) mass is 380 g/mol. The Hall–Kier alpha value is -3.48. The van der Waals surface area contributed by atoms with Crippen LogP contribution in [0.15, 0.2) is 54.6 Å². The molecule has 7 heteroatoms. The van der Waals surface area contributed by atoms with E-state index < -0.39 is 24.4 Å². The molecule has 1 aliphatic rings. The Morgan fingerprint density at radius 3 is 2.32 bits per heavy atom. The van der Waals surface area contributed by atoms with Crippen LogP contribution in [0.2, 0.25) is 0 Å². The summed E-state index contributed by atoms with van der Waals surface area (Å²) in [6, 6.07) is 15.0. The Labute approximate surface area is 162 Å². The van der Waals surface area contributed by atoms with Gasteiger partial charge in [0.1, 0.15) is 0 Å². The zero-order valence-electron chi connectivity index (χ0n) is 15.2. The molecule has 7 nitrogen and oxygen atoms in total. The van der Waals surface area contributed by atoms with E-state index in [1.165, 1.54) is 0 Å². The molecule has 28 heavy (non-hydrogen) atoms. The molecule has 2 aromatic carbocycles. The Morgan fingerprint density at radius 2 is 1.68 bits per heavy atom. The number of rotatable bonds is 6. The minimum Gasteiger partial charge on any atom is -0.452 e. The predicted octanol–water partition coefficient (Wildman–Crippen LogP) is 1.92. The van der Waals surface area contributed by atoms with Gasteiger partial charge in [0.2, 0.25) is 5.91 Å². The van der Waals surface area contributed by atoms with Gasteiger partial charge in [-0.2, -0.15) is 0 Å². The van der Waals surface area contributed by atoms with Crippen LogP contribution in [0.3, 0.4) is 0 Å². The summed E-state index contributed by atoms with van der Waals surface area (Å²) in [5.41, 5.74) is 1.55. The van der Waals surface area contributed by atoms with Gasteiger partial charge in [0.05, 0.1) is 5.56 Å². The van der Waals surface area contributed by atoms with E-state index in [2.05, 4.69) is 5.32 Å². The lowest BCUT2D eigenvalue weighted by Crippen LogP contribution is -2.34. The Kier molecular flexibility index (Phi) is 6.16. The maximum Gasteiger partial charge on any atom is 0.338 e. The molecule has 2 aromatic rings. The molecule has 1 aliphatic heterocycles. The highest BCUT2D eigenvalue weighted by molar-refractivity contribution is 6.05. The molecule has 0 atom stereocenters. The SMILES string of the molecule is O=C(COC(=O)c1ccc(CN2CCCC2=O)cc1)NC(=O)c1ccccc1. The predicted molar refractivity (Wildman–Crippen MR) is 100 cm³/mol. The maximum absolute atomic E-state index is 12.1. The highest BCUT2D eigenvalue weighted by Gasteiger charge is 2.20. The fourth-order valence-corrected chi connectivity index (χ4v) is 2.88. The summed E-state index contributed by atoms with van der Waals surface area (Å²) in [5.74, 6) is -1.78. The van der Waals surface area contributed by atoms with E-state index in [1.54, 1.807) is 59.5 Å². The molecule has 0 spiro atoms. The summed E-state index contributed by atoms with van der Waals surface area (Å²) < 4.78 is 4.95. The van der Waals surface area contributed by atoms with Crippen LogP contribution >= 0.6 is 0 Å². The standard InChI is InChI=1S/C21H20N2O5/c24-18(22-20(26)16-5-2-1-3-6-16)14-28-21(27)17-10-8-15(9-11-17)13-23-12-4-7-19(23)25/h1-3,5-6,8-11H,4,7,12-14H2,(H,22,24,26). The molecule has 0 aromatic heterocycles. The van der Waals surface area contributed by atoms with Crippen LogP contribution in [0, 0.1) is 0 Å². The maximum atomic E-state index is 12.1. The highest BCUT2D eigenvalue weighted by Crippen LogP contribution is 2.15. The number of hydrogen-bond acceptors (Lipinski definition) is 5. The van der Waals surface area contributed by atoms with Crippen molar-refractivity contribution in [1.29, 1.82) is 0 Å². The second-order valence-electron chi connectivity index (χ2n) is 6.44. The van der Waals surface area contributed by atoms with Crippen LogP contribution in [0.5, 0.6) is 0 Å². The third-order valence-electron chi connectivity index (χ3n) is 4.36. The third kappa shape index (κ3) is 5.03. The summed E-state index contributed by atoms with van der Waals surface area (Å²) in [6.07, 6.45) is 1.46. The topological polar surface area (TPSA) is 92.8 Å². The van der Waals surface area contributed by atoms with E-state index in [1.807, 2.05) is 0 Å². The molecule has 1 heterocycles. The molecule has 0 saturated carbocycles. The minimum absolute atomic E-state index is 0.138. The van der Waals surface area contributed by atoms with Gasteiger partial charge in [0.15, 0.2) is 6.61 Å². The van der Waals surface area contributed by atoms with Crippen molar-refractivity contribution in [2.45, 2.75) is 19.4 Å². The smallest absolute Gasteiger partial charge is 0.338 e. The normalized spacial score (nSPS) is 13.3. The van der Waals surface area contributed by atoms with Crippen molar-refractivity contribution in [2.75, 3.05) is 13.2 Å². The van der Waals surface area contributed by atoms with Gasteiger partial charge in [-0.3, -0.25) is 19.7 Å². The van der Waals surface area contributed by atoms with E-state index >= 15 is 0 Å². The number of nitrogens with one attached hydrogen (secondary N) is 1. The van der Waals surface area contributed by atoms with E-state index in [0.717, 1.165) is 18.5 Å². The van der Waals surface area contributed by atoms with Crippen molar-refractivity contribution >= 4 is 23.7 Å². The third-order valence-corrected chi connectivity index (χ3v) is 4.36. The molecule has 1 saturated heterocycles. The lowest BCUT2D eigenvalue weighted by Gasteiger charge is -2.15. The first-order valence-electron chi connectivity index (χ1n) is 8.96. The second kappa shape index (κ2) is 8.94. The summed E-state index contributed by atoms with van der Waals surface area (Å²) >= 11 is 0. The average molecular weight is 380 g/mol. The first-order valence-corrected chi connectivity index (χ1v) is 8.96. The molecule has 1 fully saturated rings. The molecule has 0 bridgehead atoms. The molecule has 144 valence electrons. The number of esters is 1. The number of carbonyl (C=O) groups is 4. The zero-order valence-corrected chi connectivity index (χ0v) is 15.2. The molecule has 3 amide bonds. The van der Waals surface area contributed by atoms with Gasteiger partial charge in [-0.05, 0) is 36.2 Å². The van der Waals surface area contributed by atoms with Crippen LogP contribution in [-0.2, 0) is 20.9 Å². The first-order chi connectivity index (χ1) is 13.5. The molecule has 0 aliphatic carbocycles. The Morgan fingerprint density at radius 1 is 0.964 bits per heavy atom. The van der Waals surface area contributed by atoms with Gasteiger partial charge in [0.25, 0.3) is 11.8 Å². The number of imide groups is 1. The van der Waals surface area contributed by atoms with Crippen LogP contribution in [-0.4, -0.2) is 41.7 Å². The molecule has 3 rings (SSSR count). The first kappa shape index (κ1) is 19.3. The lowest BCUT2D eigenvalue weighted by molar-refractivity contribution is -0.128. The van der Waals surface area contributed by atoms with Crippen molar-refractivity contribution in [3.8, 4) is 0 Å². The zero-order chi connectivity index (χ0) is 19.9.